The molecule has 0 aliphatic carbocycles. The smallest absolute Gasteiger partial charge is 0.209 e. The first-order chi connectivity index (χ1) is 10.8. The molecule has 0 radical (unpaired) electrons. The van der Waals surface area contributed by atoms with Crippen molar-refractivity contribution < 1.29 is 4.79 Å². The van der Waals surface area contributed by atoms with Crippen molar-refractivity contribution >= 4 is 28.5 Å². The zero-order valence-corrected chi connectivity index (χ0v) is 13.3. The van der Waals surface area contributed by atoms with Gasteiger partial charge in [-0.05, 0) is 24.5 Å². The zero-order chi connectivity index (χ0) is 15.4. The summed E-state index contributed by atoms with van der Waals surface area (Å²) < 4.78 is 0. The maximum atomic E-state index is 10.7. The normalized spacial score (nSPS) is 14.6. The first-order valence-electron chi connectivity index (χ1n) is 7.36. The van der Waals surface area contributed by atoms with Gasteiger partial charge in [0, 0.05) is 25.2 Å². The van der Waals surface area contributed by atoms with Crippen LogP contribution in [0, 0.1) is 0 Å². The first kappa shape index (κ1) is 14.7. The molecule has 114 valence electrons. The molecule has 1 aromatic heterocycles. The Balaban J connectivity index is 1.75. The molecule has 0 spiro atoms. The van der Waals surface area contributed by atoms with Crippen LogP contribution in [0.2, 0.25) is 0 Å². The maximum Gasteiger partial charge on any atom is 0.209 e. The van der Waals surface area contributed by atoms with Crippen LogP contribution in [-0.2, 0) is 4.79 Å². The van der Waals surface area contributed by atoms with Crippen LogP contribution >= 0.6 is 11.3 Å². The number of aromatic nitrogens is 2. The largest absolute Gasteiger partial charge is 0.360 e. The van der Waals surface area contributed by atoms with E-state index in [9.17, 15) is 4.79 Å². The number of hydrogen-bond acceptors (Lipinski definition) is 5. The molecular weight excluding hydrogens is 296 g/mol. The molecule has 0 atom stereocenters. The number of benzene rings is 1. The molecule has 0 bridgehead atoms. The van der Waals surface area contributed by atoms with Crippen LogP contribution < -0.4 is 5.32 Å². The van der Waals surface area contributed by atoms with E-state index >= 15 is 0 Å². The van der Waals surface area contributed by atoms with Gasteiger partial charge in [-0.2, -0.15) is 0 Å². The lowest BCUT2D eigenvalue weighted by Crippen LogP contribution is -2.26. The Kier molecular flexibility index (Phi) is 4.48. The third kappa shape index (κ3) is 3.17. The Morgan fingerprint density at radius 3 is 2.68 bits per heavy atom. The Labute approximate surface area is 133 Å². The van der Waals surface area contributed by atoms with Crippen LogP contribution in [0.4, 0.5) is 5.13 Å². The van der Waals surface area contributed by atoms with Crippen molar-refractivity contribution in [3.8, 4) is 10.6 Å². The van der Waals surface area contributed by atoms with Crippen LogP contribution in [-0.4, -0.2) is 41.1 Å². The highest BCUT2D eigenvalue weighted by Crippen LogP contribution is 2.28. The minimum absolute atomic E-state index is 0.697. The van der Waals surface area contributed by atoms with Crippen LogP contribution in [0.5, 0.6) is 0 Å². The summed E-state index contributed by atoms with van der Waals surface area (Å²) in [7, 11) is 0. The van der Waals surface area contributed by atoms with Gasteiger partial charge in [0.2, 0.25) is 11.5 Å². The van der Waals surface area contributed by atoms with Gasteiger partial charge in [0.1, 0.15) is 5.01 Å². The molecule has 5 nitrogen and oxygen atoms in total. The van der Waals surface area contributed by atoms with Crippen LogP contribution in [0.1, 0.15) is 18.9 Å². The molecule has 1 aromatic carbocycles. The third-order valence-electron chi connectivity index (χ3n) is 3.65. The summed E-state index contributed by atoms with van der Waals surface area (Å²) in [6.45, 7) is 4.38. The van der Waals surface area contributed by atoms with E-state index in [4.69, 9.17) is 0 Å². The highest BCUT2D eigenvalue weighted by atomic mass is 32.1. The number of rotatable bonds is 5. The lowest BCUT2D eigenvalue weighted by Gasteiger charge is -2.22. The van der Waals surface area contributed by atoms with E-state index < -0.39 is 0 Å². The van der Waals surface area contributed by atoms with E-state index in [-0.39, 0.29) is 0 Å². The van der Waals surface area contributed by atoms with Crippen molar-refractivity contribution in [3.63, 3.8) is 0 Å². The Bertz CT molecular complexity index is 678. The van der Waals surface area contributed by atoms with Gasteiger partial charge >= 0.3 is 0 Å². The molecule has 22 heavy (non-hydrogen) atoms. The topological polar surface area (TPSA) is 58.1 Å². The summed E-state index contributed by atoms with van der Waals surface area (Å²) in [5.74, 6) is 0. The monoisotopic (exact) mass is 314 g/mol. The summed E-state index contributed by atoms with van der Waals surface area (Å²) in [4.78, 5) is 12.5. The second-order valence-electron chi connectivity index (χ2n) is 5.10. The molecule has 1 aliphatic rings. The van der Waals surface area contributed by atoms with Crippen molar-refractivity contribution in [1.82, 2.24) is 15.1 Å². The molecular formula is C16H18N4OS. The molecule has 0 saturated heterocycles. The molecule has 0 unspecified atom stereocenters. The molecule has 0 fully saturated rings. The molecule has 1 amide bonds. The van der Waals surface area contributed by atoms with E-state index in [0.717, 1.165) is 41.6 Å². The van der Waals surface area contributed by atoms with E-state index in [1.807, 2.05) is 6.92 Å². The zero-order valence-electron chi connectivity index (χ0n) is 12.5. The van der Waals surface area contributed by atoms with E-state index in [1.165, 1.54) is 11.1 Å². The molecule has 6 heteroatoms. The average molecular weight is 314 g/mol. The van der Waals surface area contributed by atoms with Crippen molar-refractivity contribution in [3.05, 3.63) is 35.9 Å². The van der Waals surface area contributed by atoms with E-state index in [2.05, 4.69) is 45.9 Å². The van der Waals surface area contributed by atoms with Gasteiger partial charge in [-0.1, -0.05) is 41.7 Å². The Morgan fingerprint density at radius 2 is 2.05 bits per heavy atom. The maximum absolute atomic E-state index is 10.7. The molecule has 2 heterocycles. The highest BCUT2D eigenvalue weighted by molar-refractivity contribution is 7.18. The summed E-state index contributed by atoms with van der Waals surface area (Å²) in [6.07, 6.45) is 3.94. The number of carbonyl (C=O) groups is 1. The number of nitrogens with zero attached hydrogens (tertiary/aromatic N) is 3. The molecule has 1 N–H and O–H groups in total. The first-order valence-corrected chi connectivity index (χ1v) is 8.18. The fraction of sp³-hybridized carbons (Fsp3) is 0.312. The lowest BCUT2D eigenvalue weighted by atomic mass is 9.99. The van der Waals surface area contributed by atoms with Crippen LogP contribution in [0.15, 0.2) is 30.3 Å². The van der Waals surface area contributed by atoms with Crippen LogP contribution in [0.3, 0.4) is 0 Å². The van der Waals surface area contributed by atoms with E-state index in [0.29, 0.717) is 6.54 Å². The number of amides is 1. The number of nitrogens with one attached hydrogen (secondary N) is 1. The Hall–Kier alpha value is -2.21. The minimum Gasteiger partial charge on any atom is -0.360 e. The molecule has 2 aromatic rings. The number of carbonyl (C=O) groups excluding carboxylic acids is 1. The molecule has 1 aliphatic heterocycles. The second-order valence-corrected chi connectivity index (χ2v) is 6.08. The van der Waals surface area contributed by atoms with E-state index in [1.54, 1.807) is 16.2 Å². The molecule has 3 rings (SSSR count). The SMILES string of the molecule is CCNc1nnc(-c2ccc(C3=CCN(C=O)CC3)cc2)s1. The van der Waals surface area contributed by atoms with Gasteiger partial charge in [0.25, 0.3) is 0 Å². The summed E-state index contributed by atoms with van der Waals surface area (Å²) in [5.41, 5.74) is 3.59. The van der Waals surface area contributed by atoms with Gasteiger partial charge in [-0.3, -0.25) is 4.79 Å². The summed E-state index contributed by atoms with van der Waals surface area (Å²) in [6, 6.07) is 8.40. The summed E-state index contributed by atoms with van der Waals surface area (Å²) >= 11 is 1.56. The second kappa shape index (κ2) is 6.70. The standard InChI is InChI=1S/C16H18N4OS/c1-2-17-16-19-18-15(22-16)14-5-3-12(4-6-14)13-7-9-20(11-21)10-8-13/h3-7,11H,2,8-10H2,1H3,(H,17,19). The van der Waals surface area contributed by atoms with Gasteiger partial charge in [0.05, 0.1) is 0 Å². The molecule has 0 saturated carbocycles. The van der Waals surface area contributed by atoms with Crippen molar-refractivity contribution in [2.75, 3.05) is 25.0 Å². The fourth-order valence-corrected chi connectivity index (χ4v) is 3.25. The van der Waals surface area contributed by atoms with Crippen molar-refractivity contribution in [2.24, 2.45) is 0 Å². The van der Waals surface area contributed by atoms with Gasteiger partial charge in [-0.15, -0.1) is 10.2 Å². The van der Waals surface area contributed by atoms with Crippen molar-refractivity contribution in [2.45, 2.75) is 13.3 Å². The van der Waals surface area contributed by atoms with Crippen LogP contribution in [0.25, 0.3) is 16.1 Å². The number of anilines is 1. The van der Waals surface area contributed by atoms with Gasteiger partial charge in [0.15, 0.2) is 0 Å². The predicted molar refractivity (Wildman–Crippen MR) is 89.7 cm³/mol. The highest BCUT2D eigenvalue weighted by Gasteiger charge is 2.12. The van der Waals surface area contributed by atoms with Gasteiger partial charge < -0.3 is 10.2 Å². The lowest BCUT2D eigenvalue weighted by molar-refractivity contribution is -0.117. The van der Waals surface area contributed by atoms with Gasteiger partial charge in [-0.25, -0.2) is 0 Å². The quantitative estimate of drug-likeness (QED) is 0.862. The Morgan fingerprint density at radius 1 is 1.27 bits per heavy atom. The third-order valence-corrected chi connectivity index (χ3v) is 4.58. The fourth-order valence-electron chi connectivity index (χ4n) is 2.43. The van der Waals surface area contributed by atoms with Crippen molar-refractivity contribution in [1.29, 1.82) is 0 Å². The minimum atomic E-state index is 0.697. The summed E-state index contributed by atoms with van der Waals surface area (Å²) in [5, 5.41) is 13.3. The predicted octanol–water partition coefficient (Wildman–Crippen LogP) is 2.88. The number of hydrogen-bond donors (Lipinski definition) is 1. The average Bonchev–Trinajstić information content (AvgIpc) is 3.04.